The Morgan fingerprint density at radius 3 is 2.33 bits per heavy atom. The zero-order valence-electron chi connectivity index (χ0n) is 15.9. The molecule has 9 heteroatoms. The molecule has 7 nitrogen and oxygen atoms in total. The van der Waals surface area contributed by atoms with Gasteiger partial charge in [-0.3, -0.25) is 0 Å². The van der Waals surface area contributed by atoms with Crippen molar-refractivity contribution < 1.29 is 23.8 Å². The van der Waals surface area contributed by atoms with Crippen molar-refractivity contribution in [2.75, 3.05) is 13.2 Å². The molecule has 2 unspecified atom stereocenters. The van der Waals surface area contributed by atoms with Gasteiger partial charge in [-0.15, -0.1) is 0 Å². The normalized spacial score (nSPS) is 12.7. The van der Waals surface area contributed by atoms with Crippen LogP contribution in [-0.4, -0.2) is 36.2 Å². The molecule has 0 aliphatic heterocycles. The molecule has 0 saturated carbocycles. The molecule has 0 spiro atoms. The van der Waals surface area contributed by atoms with Gasteiger partial charge in [0.2, 0.25) is 0 Å². The summed E-state index contributed by atoms with van der Waals surface area (Å²) in [6.07, 6.45) is 9.08. The first-order valence-corrected chi connectivity index (χ1v) is 11.2. The number of hydrazine groups is 1. The quantitative estimate of drug-likeness (QED) is 0.143. The molecular weight excluding hydrogens is 386 g/mol. The third kappa shape index (κ3) is 17.4. The Morgan fingerprint density at radius 2 is 1.70 bits per heavy atom. The van der Waals surface area contributed by atoms with Gasteiger partial charge < -0.3 is 0 Å². The summed E-state index contributed by atoms with van der Waals surface area (Å²) in [5, 5.41) is 9.27. The molecular formula is C18H32N2O5P2. The van der Waals surface area contributed by atoms with Crippen LogP contribution in [0.1, 0.15) is 70.6 Å². The van der Waals surface area contributed by atoms with Crippen molar-refractivity contribution in [1.82, 2.24) is 5.43 Å². The van der Waals surface area contributed by atoms with Crippen molar-refractivity contribution in [2.24, 2.45) is 5.84 Å². The minimum atomic E-state index is -0.969. The molecule has 0 aromatic rings. The number of rotatable bonds is 17. The van der Waals surface area contributed by atoms with Gasteiger partial charge in [-0.2, -0.15) is 0 Å². The summed E-state index contributed by atoms with van der Waals surface area (Å²) in [6, 6.07) is -0.371. The average molecular weight is 418 g/mol. The fraction of sp³-hybridized carbons (Fsp3) is 0.833. The summed E-state index contributed by atoms with van der Waals surface area (Å²) in [5.41, 5.74) is 7.59. The van der Waals surface area contributed by atoms with Crippen LogP contribution < -0.4 is 11.3 Å². The van der Waals surface area contributed by atoms with E-state index in [-0.39, 0.29) is 34.3 Å². The van der Waals surface area contributed by atoms with Gasteiger partial charge in [0.25, 0.3) is 0 Å². The second kappa shape index (κ2) is 20.3. The standard InChI is InChI=1S/C18H32N2O5P2/c19-20-17(10-9-12-25-14-16(21)15-27-24)18(22)11-7-5-3-1-2-4-6-8-13-26-23/h16-17,20-21H,1-12,14,19H2. The molecule has 0 rings (SSSR count). The number of carbonyl (C=O) groups excluding carboxylic acids is 1. The predicted molar refractivity (Wildman–Crippen MR) is 107 cm³/mol. The Morgan fingerprint density at radius 1 is 1.04 bits per heavy atom. The van der Waals surface area contributed by atoms with Crippen molar-refractivity contribution in [3.8, 4) is 11.3 Å². The third-order valence-corrected chi connectivity index (χ3v) is 4.88. The van der Waals surface area contributed by atoms with Crippen molar-refractivity contribution in [2.45, 2.75) is 82.8 Å². The van der Waals surface area contributed by atoms with Crippen LogP contribution in [0, 0.1) is 11.3 Å². The van der Waals surface area contributed by atoms with E-state index in [1.54, 1.807) is 0 Å². The summed E-state index contributed by atoms with van der Waals surface area (Å²) < 4.78 is 25.6. The zero-order valence-corrected chi connectivity index (χ0v) is 17.7. The number of ether oxygens (including phenoxy) is 1. The summed E-state index contributed by atoms with van der Waals surface area (Å²) in [5.74, 6) is 5.59. The van der Waals surface area contributed by atoms with Crippen LogP contribution >= 0.6 is 15.8 Å². The molecule has 0 aromatic heterocycles. The van der Waals surface area contributed by atoms with E-state index in [1.807, 2.05) is 0 Å². The van der Waals surface area contributed by atoms with Gasteiger partial charge in [0, 0.05) is 0 Å². The summed E-state index contributed by atoms with van der Waals surface area (Å²) in [7, 11) is -0.340. The number of ketones is 1. The SMILES string of the molecule is NNC(CCCOCC(O)C#P=O)C(=O)CCCCCCCCCC#P=O. The average Bonchev–Trinajstić information content (AvgIpc) is 2.66. The topological polar surface area (TPSA) is 119 Å². The predicted octanol–water partition coefficient (Wildman–Crippen LogP) is 3.56. The number of aliphatic hydroxyl groups excluding tert-OH is 1. The third-order valence-electron chi connectivity index (χ3n) is 4.13. The van der Waals surface area contributed by atoms with Crippen LogP contribution in [0.4, 0.5) is 0 Å². The van der Waals surface area contributed by atoms with Crippen LogP contribution in [0.3, 0.4) is 0 Å². The monoisotopic (exact) mass is 418 g/mol. The molecule has 0 radical (unpaired) electrons. The number of unbranched alkanes of at least 4 members (excludes halogenated alkanes) is 7. The maximum absolute atomic E-state index is 12.2. The van der Waals surface area contributed by atoms with Crippen LogP contribution in [0.5, 0.6) is 0 Å². The molecule has 0 heterocycles. The molecule has 4 N–H and O–H groups in total. The molecule has 2 atom stereocenters. The molecule has 27 heavy (non-hydrogen) atoms. The molecule has 0 fully saturated rings. The fourth-order valence-corrected chi connectivity index (χ4v) is 3.07. The summed E-state index contributed by atoms with van der Waals surface area (Å²) >= 11 is 0. The minimum absolute atomic E-state index is 0.00185. The van der Waals surface area contributed by atoms with Crippen molar-refractivity contribution in [3.05, 3.63) is 0 Å². The first-order chi connectivity index (χ1) is 13.2. The van der Waals surface area contributed by atoms with Gasteiger partial charge in [0.1, 0.15) is 0 Å². The van der Waals surface area contributed by atoms with Crippen molar-refractivity contribution in [3.63, 3.8) is 0 Å². The van der Waals surface area contributed by atoms with Crippen LogP contribution in [0.25, 0.3) is 0 Å². The molecule has 154 valence electrons. The molecule has 0 aromatic carbocycles. The second-order valence-corrected chi connectivity index (χ2v) is 7.30. The molecule has 0 saturated heterocycles. The first-order valence-electron chi connectivity index (χ1n) is 9.53. The van der Waals surface area contributed by atoms with Gasteiger partial charge in [-0.1, -0.05) is 0 Å². The Bertz CT molecular complexity index is 591. The van der Waals surface area contributed by atoms with Crippen LogP contribution in [-0.2, 0) is 18.7 Å². The van der Waals surface area contributed by atoms with E-state index in [1.165, 1.54) is 0 Å². The van der Waals surface area contributed by atoms with Gasteiger partial charge in [0.15, 0.2) is 0 Å². The van der Waals surface area contributed by atoms with E-state index in [0.717, 1.165) is 51.4 Å². The molecule has 0 amide bonds. The first kappa shape index (κ1) is 26.5. The Hall–Kier alpha value is -0.470. The maximum atomic E-state index is 12.2. The van der Waals surface area contributed by atoms with Gasteiger partial charge in [-0.05, 0) is 0 Å². The van der Waals surface area contributed by atoms with E-state index >= 15 is 0 Å². The van der Waals surface area contributed by atoms with Crippen molar-refractivity contribution >= 4 is 21.6 Å². The van der Waals surface area contributed by atoms with Gasteiger partial charge in [-0.25, -0.2) is 0 Å². The number of aliphatic hydroxyl groups is 1. The molecule has 0 bridgehead atoms. The Labute approximate surface area is 164 Å². The van der Waals surface area contributed by atoms with Gasteiger partial charge in [0.05, 0.1) is 0 Å². The van der Waals surface area contributed by atoms with Crippen LogP contribution in [0.15, 0.2) is 0 Å². The van der Waals surface area contributed by atoms with Gasteiger partial charge >= 0.3 is 164 Å². The molecule has 0 aliphatic rings. The van der Waals surface area contributed by atoms with Crippen molar-refractivity contribution in [1.29, 1.82) is 0 Å². The number of hydrogen-bond donors (Lipinski definition) is 3. The summed E-state index contributed by atoms with van der Waals surface area (Å²) in [6.45, 7) is 0.433. The number of Topliss-reactive ketones (excluding diaryl/α,β-unsaturated/α-hetero) is 1. The fourth-order valence-electron chi connectivity index (χ4n) is 2.63. The second-order valence-electron chi connectivity index (χ2n) is 6.36. The molecule has 0 aliphatic carbocycles. The number of nitrogens with one attached hydrogen (secondary N) is 1. The number of carbonyl (C=O) groups is 1. The van der Waals surface area contributed by atoms with E-state index in [9.17, 15) is 19.0 Å². The van der Waals surface area contributed by atoms with E-state index < -0.39 is 6.10 Å². The van der Waals surface area contributed by atoms with E-state index in [0.29, 0.717) is 25.9 Å². The number of hydrogen-bond acceptors (Lipinski definition) is 7. The van der Waals surface area contributed by atoms with E-state index in [4.69, 9.17) is 10.6 Å². The van der Waals surface area contributed by atoms with Crippen LogP contribution in [0.2, 0.25) is 0 Å². The summed E-state index contributed by atoms with van der Waals surface area (Å²) in [4.78, 5) is 12.2. The van der Waals surface area contributed by atoms with E-state index in [2.05, 4.69) is 16.7 Å². The Kier molecular flexibility index (Phi) is 19.9. The number of nitrogens with two attached hydrogens (primary N) is 1. The Balaban J connectivity index is 3.65. The zero-order chi connectivity index (χ0) is 20.2.